The van der Waals surface area contributed by atoms with E-state index in [1.165, 1.54) is 0 Å². The number of nitrogens with zero attached hydrogens (tertiary/aromatic N) is 1. The Balaban J connectivity index is 1.67. The van der Waals surface area contributed by atoms with Crippen LogP contribution in [0.1, 0.15) is 31.2 Å². The number of benzene rings is 1. The highest BCUT2D eigenvalue weighted by Crippen LogP contribution is 2.36. The molecule has 3 nitrogen and oxygen atoms in total. The van der Waals surface area contributed by atoms with Gasteiger partial charge in [-0.05, 0) is 31.2 Å². The fourth-order valence-electron chi connectivity index (χ4n) is 2.72. The average Bonchev–Trinajstić information content (AvgIpc) is 3.24. The van der Waals surface area contributed by atoms with Crippen molar-refractivity contribution in [3.8, 4) is 0 Å². The quantitative estimate of drug-likeness (QED) is 0.864. The normalized spacial score (nSPS) is 22.8. The van der Waals surface area contributed by atoms with E-state index in [1.807, 2.05) is 35.2 Å². The lowest BCUT2D eigenvalue weighted by atomic mass is 9.84. The van der Waals surface area contributed by atoms with E-state index in [0.29, 0.717) is 31.8 Å². The molecule has 1 N–H and O–H groups in total. The molecule has 2 aliphatic rings. The molecule has 3 rings (SSSR count). The number of rotatable bonds is 2. The number of likely N-dealkylation sites (tertiary alicyclic amines) is 1. The fraction of sp³-hybridized carbons (Fsp3) is 0.533. The summed E-state index contributed by atoms with van der Waals surface area (Å²) in [6.45, 7) is 1.36. The molecule has 2 fully saturated rings. The van der Waals surface area contributed by atoms with E-state index in [2.05, 4.69) is 0 Å². The highest BCUT2D eigenvalue weighted by Gasteiger charge is 2.39. The summed E-state index contributed by atoms with van der Waals surface area (Å²) in [5.74, 6) is 0.582. The van der Waals surface area contributed by atoms with Crippen LogP contribution in [-0.2, 0) is 10.4 Å². The van der Waals surface area contributed by atoms with E-state index in [4.69, 9.17) is 0 Å². The van der Waals surface area contributed by atoms with Crippen molar-refractivity contribution >= 4 is 5.91 Å². The van der Waals surface area contributed by atoms with Crippen LogP contribution in [0.5, 0.6) is 0 Å². The van der Waals surface area contributed by atoms with Crippen LogP contribution < -0.4 is 0 Å². The topological polar surface area (TPSA) is 40.5 Å². The zero-order valence-corrected chi connectivity index (χ0v) is 10.5. The van der Waals surface area contributed by atoms with Crippen molar-refractivity contribution in [1.82, 2.24) is 4.90 Å². The van der Waals surface area contributed by atoms with Gasteiger partial charge in [-0.25, -0.2) is 0 Å². The van der Waals surface area contributed by atoms with Crippen molar-refractivity contribution in [1.29, 1.82) is 0 Å². The van der Waals surface area contributed by atoms with Gasteiger partial charge in [-0.3, -0.25) is 4.79 Å². The van der Waals surface area contributed by atoms with E-state index in [1.54, 1.807) is 0 Å². The highest BCUT2D eigenvalue weighted by molar-refractivity contribution is 5.81. The standard InChI is InChI=1S/C15H19NO2/c17-14(12-6-7-12)16-10-8-15(18,9-11-16)13-4-2-1-3-5-13/h1-5,12,18H,6-11H2. The molecule has 18 heavy (non-hydrogen) atoms. The molecule has 1 saturated carbocycles. The summed E-state index contributed by atoms with van der Waals surface area (Å²) in [6, 6.07) is 9.80. The Hall–Kier alpha value is -1.35. The molecule has 0 unspecified atom stereocenters. The van der Waals surface area contributed by atoms with Gasteiger partial charge in [0, 0.05) is 19.0 Å². The number of carbonyl (C=O) groups is 1. The largest absolute Gasteiger partial charge is 0.385 e. The molecule has 0 bridgehead atoms. The summed E-state index contributed by atoms with van der Waals surface area (Å²) in [4.78, 5) is 13.9. The van der Waals surface area contributed by atoms with Crippen LogP contribution in [0.3, 0.4) is 0 Å². The molecule has 1 aromatic carbocycles. The minimum atomic E-state index is -0.748. The molecule has 1 saturated heterocycles. The lowest BCUT2D eigenvalue weighted by molar-refractivity contribution is -0.137. The van der Waals surface area contributed by atoms with Crippen molar-refractivity contribution in [2.45, 2.75) is 31.3 Å². The number of amides is 1. The molecule has 1 aliphatic heterocycles. The second-order valence-corrected chi connectivity index (χ2v) is 5.50. The van der Waals surface area contributed by atoms with Gasteiger partial charge in [0.05, 0.1) is 5.60 Å². The summed E-state index contributed by atoms with van der Waals surface area (Å²) < 4.78 is 0. The Morgan fingerprint density at radius 3 is 2.33 bits per heavy atom. The molecule has 0 spiro atoms. The molecular formula is C15H19NO2. The molecule has 1 aliphatic carbocycles. The molecule has 1 heterocycles. The van der Waals surface area contributed by atoms with Crippen molar-refractivity contribution in [2.24, 2.45) is 5.92 Å². The summed E-state index contributed by atoms with van der Waals surface area (Å²) in [5.41, 5.74) is 0.227. The van der Waals surface area contributed by atoms with Crippen LogP contribution in [0, 0.1) is 5.92 Å². The van der Waals surface area contributed by atoms with E-state index >= 15 is 0 Å². The molecule has 0 aromatic heterocycles. The third kappa shape index (κ3) is 2.15. The number of hydrogen-bond acceptors (Lipinski definition) is 2. The highest BCUT2D eigenvalue weighted by atomic mass is 16.3. The summed E-state index contributed by atoms with van der Waals surface area (Å²) in [5, 5.41) is 10.7. The first-order chi connectivity index (χ1) is 8.69. The maximum atomic E-state index is 12.0. The minimum absolute atomic E-state index is 0.285. The lowest BCUT2D eigenvalue weighted by Gasteiger charge is -2.38. The number of piperidine rings is 1. The third-order valence-corrected chi connectivity index (χ3v) is 4.14. The van der Waals surface area contributed by atoms with Gasteiger partial charge in [0.1, 0.15) is 0 Å². The summed E-state index contributed by atoms with van der Waals surface area (Å²) in [6.07, 6.45) is 3.40. The van der Waals surface area contributed by atoms with Gasteiger partial charge in [0.25, 0.3) is 0 Å². The van der Waals surface area contributed by atoms with Crippen LogP contribution in [0.2, 0.25) is 0 Å². The molecule has 3 heteroatoms. The van der Waals surface area contributed by atoms with Gasteiger partial charge in [-0.15, -0.1) is 0 Å². The Morgan fingerprint density at radius 2 is 1.78 bits per heavy atom. The van der Waals surface area contributed by atoms with Crippen molar-refractivity contribution in [2.75, 3.05) is 13.1 Å². The molecule has 0 atom stereocenters. The van der Waals surface area contributed by atoms with Crippen molar-refractivity contribution in [3.05, 3.63) is 35.9 Å². The van der Waals surface area contributed by atoms with E-state index < -0.39 is 5.60 Å². The average molecular weight is 245 g/mol. The molecule has 96 valence electrons. The van der Waals surface area contributed by atoms with E-state index in [9.17, 15) is 9.90 Å². The van der Waals surface area contributed by atoms with Crippen LogP contribution in [0.15, 0.2) is 30.3 Å². The second kappa shape index (κ2) is 4.39. The Morgan fingerprint density at radius 1 is 1.17 bits per heavy atom. The first kappa shape index (κ1) is 11.7. The smallest absolute Gasteiger partial charge is 0.225 e. The Bertz CT molecular complexity index is 431. The van der Waals surface area contributed by atoms with Crippen LogP contribution in [0.4, 0.5) is 0 Å². The van der Waals surface area contributed by atoms with Crippen molar-refractivity contribution < 1.29 is 9.90 Å². The first-order valence-electron chi connectivity index (χ1n) is 6.76. The maximum absolute atomic E-state index is 12.0. The maximum Gasteiger partial charge on any atom is 0.225 e. The van der Waals surface area contributed by atoms with Crippen LogP contribution >= 0.6 is 0 Å². The Labute approximate surface area is 107 Å². The number of aliphatic hydroxyl groups is 1. The predicted molar refractivity (Wildman–Crippen MR) is 68.9 cm³/mol. The SMILES string of the molecule is O=C(C1CC1)N1CCC(O)(c2ccccc2)CC1. The zero-order valence-electron chi connectivity index (χ0n) is 10.5. The first-order valence-corrected chi connectivity index (χ1v) is 6.76. The summed E-state index contributed by atoms with van der Waals surface area (Å²) >= 11 is 0. The van der Waals surface area contributed by atoms with Gasteiger partial charge < -0.3 is 10.0 Å². The van der Waals surface area contributed by atoms with E-state index in [-0.39, 0.29) is 5.92 Å². The van der Waals surface area contributed by atoms with Gasteiger partial charge in [0.2, 0.25) is 5.91 Å². The second-order valence-electron chi connectivity index (χ2n) is 5.50. The number of carbonyl (C=O) groups excluding carboxylic acids is 1. The molecular weight excluding hydrogens is 226 g/mol. The summed E-state index contributed by atoms with van der Waals surface area (Å²) in [7, 11) is 0. The molecule has 1 aromatic rings. The minimum Gasteiger partial charge on any atom is -0.385 e. The molecule has 1 amide bonds. The van der Waals surface area contributed by atoms with Gasteiger partial charge >= 0.3 is 0 Å². The van der Waals surface area contributed by atoms with Crippen LogP contribution in [-0.4, -0.2) is 29.0 Å². The van der Waals surface area contributed by atoms with Crippen LogP contribution in [0.25, 0.3) is 0 Å². The fourth-order valence-corrected chi connectivity index (χ4v) is 2.72. The monoisotopic (exact) mass is 245 g/mol. The van der Waals surface area contributed by atoms with Crippen molar-refractivity contribution in [3.63, 3.8) is 0 Å². The molecule has 0 radical (unpaired) electrons. The van der Waals surface area contributed by atoms with Gasteiger partial charge in [0.15, 0.2) is 0 Å². The lowest BCUT2D eigenvalue weighted by Crippen LogP contribution is -2.45. The third-order valence-electron chi connectivity index (χ3n) is 4.14. The zero-order chi connectivity index (χ0) is 12.6. The van der Waals surface area contributed by atoms with Gasteiger partial charge in [-0.1, -0.05) is 30.3 Å². The Kier molecular flexibility index (Phi) is 2.86. The van der Waals surface area contributed by atoms with Gasteiger partial charge in [-0.2, -0.15) is 0 Å². The number of hydrogen-bond donors (Lipinski definition) is 1. The predicted octanol–water partition coefficient (Wildman–Crippen LogP) is 1.91. The van der Waals surface area contributed by atoms with E-state index in [0.717, 1.165) is 18.4 Å².